The van der Waals surface area contributed by atoms with Crippen LogP contribution in [-0.4, -0.2) is 31.4 Å². The third-order valence-electron chi connectivity index (χ3n) is 2.20. The molecule has 0 amide bonds. The third-order valence-corrected chi connectivity index (χ3v) is 2.20. The summed E-state index contributed by atoms with van der Waals surface area (Å²) < 4.78 is 4.80. The number of esters is 1. The van der Waals surface area contributed by atoms with Crippen LogP contribution in [0.25, 0.3) is 0 Å². The number of nitrogens with one attached hydrogen (secondary N) is 1. The predicted molar refractivity (Wildman–Crippen MR) is 47.2 cm³/mol. The average Bonchev–Trinajstić information content (AvgIpc) is 2.10. The molecule has 1 fully saturated rings. The summed E-state index contributed by atoms with van der Waals surface area (Å²) in [7, 11) is 0. The number of piperidine rings is 1. The van der Waals surface area contributed by atoms with Gasteiger partial charge in [-0.05, 0) is 6.92 Å². The van der Waals surface area contributed by atoms with E-state index in [4.69, 9.17) is 4.74 Å². The van der Waals surface area contributed by atoms with Crippen molar-refractivity contribution in [3.8, 4) is 0 Å². The number of carbonyl (C=O) groups is 2. The molecule has 0 aliphatic carbocycles. The van der Waals surface area contributed by atoms with Crippen LogP contribution in [-0.2, 0) is 14.3 Å². The van der Waals surface area contributed by atoms with Crippen LogP contribution in [0.15, 0.2) is 0 Å². The Morgan fingerprint density at radius 2 is 2.31 bits per heavy atom. The molecule has 0 saturated carbocycles. The molecule has 1 saturated heterocycles. The number of hydrogen-bond acceptors (Lipinski definition) is 4. The van der Waals surface area contributed by atoms with Crippen molar-refractivity contribution in [3.05, 3.63) is 0 Å². The van der Waals surface area contributed by atoms with Crippen molar-refractivity contribution in [2.24, 2.45) is 11.8 Å². The van der Waals surface area contributed by atoms with Crippen molar-refractivity contribution in [3.63, 3.8) is 0 Å². The van der Waals surface area contributed by atoms with Gasteiger partial charge in [0.15, 0.2) is 5.78 Å². The van der Waals surface area contributed by atoms with E-state index in [1.54, 1.807) is 6.92 Å². The third kappa shape index (κ3) is 2.28. The summed E-state index contributed by atoms with van der Waals surface area (Å²) in [5.74, 6) is -1.07. The second kappa shape index (κ2) is 4.37. The lowest BCUT2D eigenvalue weighted by Crippen LogP contribution is -2.46. The minimum atomic E-state index is -0.594. The first kappa shape index (κ1) is 10.2. The van der Waals surface area contributed by atoms with Gasteiger partial charge >= 0.3 is 5.97 Å². The summed E-state index contributed by atoms with van der Waals surface area (Å²) in [6.07, 6.45) is 0. The molecule has 1 N–H and O–H groups in total. The fraction of sp³-hybridized carbons (Fsp3) is 0.778. The Labute approximate surface area is 77.6 Å². The number of hydrogen-bond donors (Lipinski definition) is 1. The average molecular weight is 185 g/mol. The summed E-state index contributed by atoms with van der Waals surface area (Å²) >= 11 is 0. The molecular weight excluding hydrogens is 170 g/mol. The molecule has 0 aromatic carbocycles. The van der Waals surface area contributed by atoms with Crippen molar-refractivity contribution in [1.29, 1.82) is 0 Å². The van der Waals surface area contributed by atoms with E-state index >= 15 is 0 Å². The molecule has 4 heteroatoms. The highest BCUT2D eigenvalue weighted by Gasteiger charge is 2.34. The lowest BCUT2D eigenvalue weighted by atomic mass is 9.90. The molecule has 0 radical (unpaired) electrons. The smallest absolute Gasteiger partial charge is 0.317 e. The highest BCUT2D eigenvalue weighted by molar-refractivity contribution is 6.00. The van der Waals surface area contributed by atoms with Gasteiger partial charge in [0, 0.05) is 19.0 Å². The Balaban J connectivity index is 2.57. The molecule has 1 aliphatic rings. The van der Waals surface area contributed by atoms with Crippen LogP contribution >= 0.6 is 0 Å². The van der Waals surface area contributed by atoms with Crippen molar-refractivity contribution in [2.75, 3.05) is 19.7 Å². The van der Waals surface area contributed by atoms with Crippen LogP contribution in [0.2, 0.25) is 0 Å². The summed E-state index contributed by atoms with van der Waals surface area (Å²) in [5, 5.41) is 3.03. The number of Topliss-reactive ketones (excluding diaryl/α,β-unsaturated/α-hetero) is 1. The highest BCUT2D eigenvalue weighted by Crippen LogP contribution is 2.12. The van der Waals surface area contributed by atoms with Gasteiger partial charge in [-0.1, -0.05) is 6.92 Å². The molecule has 13 heavy (non-hydrogen) atoms. The first-order valence-corrected chi connectivity index (χ1v) is 4.58. The van der Waals surface area contributed by atoms with Gasteiger partial charge in [-0.25, -0.2) is 0 Å². The fourth-order valence-corrected chi connectivity index (χ4v) is 1.43. The molecule has 0 aromatic rings. The van der Waals surface area contributed by atoms with Crippen molar-refractivity contribution in [1.82, 2.24) is 5.32 Å². The molecule has 2 atom stereocenters. The van der Waals surface area contributed by atoms with E-state index in [2.05, 4.69) is 5.32 Å². The van der Waals surface area contributed by atoms with Gasteiger partial charge in [-0.15, -0.1) is 0 Å². The monoisotopic (exact) mass is 185 g/mol. The Bertz CT molecular complexity index is 215. The van der Waals surface area contributed by atoms with Crippen LogP contribution in [0.5, 0.6) is 0 Å². The van der Waals surface area contributed by atoms with Gasteiger partial charge in [0.05, 0.1) is 6.61 Å². The Hall–Kier alpha value is -0.900. The van der Waals surface area contributed by atoms with Gasteiger partial charge in [0.2, 0.25) is 0 Å². The maximum Gasteiger partial charge on any atom is 0.317 e. The van der Waals surface area contributed by atoms with Crippen molar-refractivity contribution < 1.29 is 14.3 Å². The van der Waals surface area contributed by atoms with E-state index in [9.17, 15) is 9.59 Å². The second-order valence-corrected chi connectivity index (χ2v) is 3.27. The Morgan fingerprint density at radius 1 is 1.62 bits per heavy atom. The van der Waals surface area contributed by atoms with E-state index in [1.165, 1.54) is 0 Å². The number of ether oxygens (including phenoxy) is 1. The number of rotatable bonds is 2. The summed E-state index contributed by atoms with van der Waals surface area (Å²) in [4.78, 5) is 22.8. The van der Waals surface area contributed by atoms with Crippen molar-refractivity contribution >= 4 is 11.8 Å². The molecule has 4 nitrogen and oxygen atoms in total. The number of ketones is 1. The highest BCUT2D eigenvalue weighted by atomic mass is 16.5. The lowest BCUT2D eigenvalue weighted by Gasteiger charge is -2.24. The van der Waals surface area contributed by atoms with Gasteiger partial charge in [0.25, 0.3) is 0 Å². The first-order valence-electron chi connectivity index (χ1n) is 4.58. The molecule has 0 aromatic heterocycles. The van der Waals surface area contributed by atoms with Crippen LogP contribution < -0.4 is 5.32 Å². The molecule has 1 rings (SSSR count). The largest absolute Gasteiger partial charge is 0.465 e. The van der Waals surface area contributed by atoms with Crippen LogP contribution in [0.3, 0.4) is 0 Å². The molecule has 2 unspecified atom stereocenters. The maximum atomic E-state index is 11.5. The zero-order chi connectivity index (χ0) is 9.84. The van der Waals surface area contributed by atoms with Gasteiger partial charge in [-0.3, -0.25) is 9.59 Å². The fourth-order valence-electron chi connectivity index (χ4n) is 1.43. The molecule has 0 bridgehead atoms. The first-order chi connectivity index (χ1) is 6.16. The maximum absolute atomic E-state index is 11.5. The number of carbonyl (C=O) groups excluding carboxylic acids is 2. The van der Waals surface area contributed by atoms with Crippen molar-refractivity contribution in [2.45, 2.75) is 13.8 Å². The topological polar surface area (TPSA) is 55.4 Å². The Kier molecular flexibility index (Phi) is 3.42. The lowest BCUT2D eigenvalue weighted by molar-refractivity contribution is -0.153. The van der Waals surface area contributed by atoms with Crippen LogP contribution in [0.1, 0.15) is 13.8 Å². The summed E-state index contributed by atoms with van der Waals surface area (Å²) in [5.41, 5.74) is 0. The predicted octanol–water partition coefficient (Wildman–Crippen LogP) is -0.0259. The normalized spacial score (nSPS) is 28.6. The van der Waals surface area contributed by atoms with E-state index in [-0.39, 0.29) is 11.7 Å². The molecule has 0 spiro atoms. The van der Waals surface area contributed by atoms with Crippen LogP contribution in [0, 0.1) is 11.8 Å². The Morgan fingerprint density at radius 3 is 2.92 bits per heavy atom. The summed E-state index contributed by atoms with van der Waals surface area (Å²) in [6, 6.07) is 0. The molecule has 1 aliphatic heterocycles. The van der Waals surface area contributed by atoms with E-state index < -0.39 is 11.9 Å². The minimum Gasteiger partial charge on any atom is -0.465 e. The zero-order valence-electron chi connectivity index (χ0n) is 8.00. The standard InChI is InChI=1S/C9H15NO3/c1-3-13-9(12)7-5-10-4-6(2)8(7)11/h6-7,10H,3-5H2,1-2H3. The zero-order valence-corrected chi connectivity index (χ0v) is 8.00. The van der Waals surface area contributed by atoms with Gasteiger partial charge in [-0.2, -0.15) is 0 Å². The van der Waals surface area contributed by atoms with Gasteiger partial charge in [0.1, 0.15) is 5.92 Å². The summed E-state index contributed by atoms with van der Waals surface area (Å²) in [6.45, 7) is 4.97. The van der Waals surface area contributed by atoms with E-state index in [1.807, 2.05) is 6.92 Å². The van der Waals surface area contributed by atoms with E-state index in [0.29, 0.717) is 19.7 Å². The molecule has 1 heterocycles. The van der Waals surface area contributed by atoms with Crippen LogP contribution in [0.4, 0.5) is 0 Å². The van der Waals surface area contributed by atoms with Gasteiger partial charge < -0.3 is 10.1 Å². The second-order valence-electron chi connectivity index (χ2n) is 3.27. The SMILES string of the molecule is CCOC(=O)C1CNCC(C)C1=O. The molecule has 74 valence electrons. The quantitative estimate of drug-likeness (QED) is 0.485. The van der Waals surface area contributed by atoms with E-state index in [0.717, 1.165) is 0 Å². The molecular formula is C9H15NO3. The minimum absolute atomic E-state index is 0.00259.